The number of carboxylic acids is 1. The van der Waals surface area contributed by atoms with Crippen LogP contribution in [0.4, 0.5) is 0 Å². The van der Waals surface area contributed by atoms with Crippen LogP contribution in [0.25, 0.3) is 0 Å². The number of methoxy groups -OCH3 is 1. The number of nitrogens with one attached hydrogen (secondary N) is 1. The van der Waals surface area contributed by atoms with Crippen molar-refractivity contribution in [1.29, 1.82) is 0 Å². The molecule has 16 heavy (non-hydrogen) atoms. The van der Waals surface area contributed by atoms with E-state index in [1.165, 1.54) is 14.0 Å². The van der Waals surface area contributed by atoms with Gasteiger partial charge in [0, 0.05) is 13.7 Å². The number of sulfonamides is 1. The monoisotopic (exact) mass is 253 g/mol. The molecule has 0 radical (unpaired) electrons. The normalized spacial score (nSPS) is 15.7. The Morgan fingerprint density at radius 2 is 2.06 bits per heavy atom. The zero-order valence-corrected chi connectivity index (χ0v) is 10.6. The lowest BCUT2D eigenvalue weighted by molar-refractivity contribution is -0.147. The van der Waals surface area contributed by atoms with Crippen LogP contribution >= 0.6 is 0 Å². The predicted octanol–water partition coefficient (Wildman–Crippen LogP) is 0.0531. The number of hydrogen-bond acceptors (Lipinski definition) is 4. The lowest BCUT2D eigenvalue weighted by Crippen LogP contribution is -2.41. The van der Waals surface area contributed by atoms with E-state index in [1.807, 2.05) is 0 Å². The van der Waals surface area contributed by atoms with E-state index in [4.69, 9.17) is 5.11 Å². The second-order valence-electron chi connectivity index (χ2n) is 3.85. The van der Waals surface area contributed by atoms with E-state index in [9.17, 15) is 13.2 Å². The molecule has 0 aromatic rings. The summed E-state index contributed by atoms with van der Waals surface area (Å²) in [5, 5.41) is 8.95. The van der Waals surface area contributed by atoms with Gasteiger partial charge in [-0.25, -0.2) is 13.1 Å². The Bertz CT molecular complexity index is 327. The molecule has 0 aliphatic heterocycles. The highest BCUT2D eigenvalue weighted by Gasteiger charge is 2.32. The van der Waals surface area contributed by atoms with Gasteiger partial charge in [-0.15, -0.1) is 0 Å². The topological polar surface area (TPSA) is 92.7 Å². The fourth-order valence-electron chi connectivity index (χ4n) is 0.886. The maximum absolute atomic E-state index is 11.4. The zero-order chi connectivity index (χ0) is 12.8. The summed E-state index contributed by atoms with van der Waals surface area (Å²) in [6.07, 6.45) is 0.356. The molecule has 2 N–H and O–H groups in total. The molecule has 0 heterocycles. The van der Waals surface area contributed by atoms with Gasteiger partial charge >= 0.3 is 5.97 Å². The van der Waals surface area contributed by atoms with Crippen LogP contribution in [0.1, 0.15) is 20.3 Å². The summed E-state index contributed by atoms with van der Waals surface area (Å²) in [5.41, 5.74) is -1.07. The third-order valence-corrected chi connectivity index (χ3v) is 3.82. The third kappa shape index (κ3) is 4.91. The largest absolute Gasteiger partial charge is 0.481 e. The molecule has 1 unspecified atom stereocenters. The second-order valence-corrected chi connectivity index (χ2v) is 5.78. The minimum atomic E-state index is -3.46. The molecule has 0 saturated heterocycles. The summed E-state index contributed by atoms with van der Waals surface area (Å²) in [7, 11) is -2.05. The Kier molecular flexibility index (Phi) is 5.91. The predicted molar refractivity (Wildman–Crippen MR) is 59.7 cm³/mol. The summed E-state index contributed by atoms with van der Waals surface area (Å²) in [5.74, 6) is -1.17. The van der Waals surface area contributed by atoms with E-state index in [1.54, 1.807) is 6.92 Å². The van der Waals surface area contributed by atoms with Gasteiger partial charge in [0.25, 0.3) is 0 Å². The summed E-state index contributed by atoms with van der Waals surface area (Å²) in [4.78, 5) is 10.9. The van der Waals surface area contributed by atoms with Crippen molar-refractivity contribution in [2.75, 3.05) is 26.0 Å². The first-order valence-corrected chi connectivity index (χ1v) is 6.62. The number of carboxylic acid groups (broad SMARTS) is 1. The van der Waals surface area contributed by atoms with Crippen LogP contribution in [0.2, 0.25) is 0 Å². The van der Waals surface area contributed by atoms with E-state index >= 15 is 0 Å². The number of hydrogen-bond donors (Lipinski definition) is 2. The standard InChI is InChI=1S/C9H19NO5S/c1-4-9(2,8(11)12)7-10-16(13,14)6-5-15-3/h10H,4-7H2,1-3H3,(H,11,12). The summed E-state index contributed by atoms with van der Waals surface area (Å²) < 4.78 is 29.7. The average Bonchev–Trinajstić information content (AvgIpc) is 2.23. The summed E-state index contributed by atoms with van der Waals surface area (Å²) in [6.45, 7) is 3.20. The Hall–Kier alpha value is -0.660. The molecule has 0 fully saturated rings. The molecule has 0 saturated carbocycles. The van der Waals surface area contributed by atoms with Gasteiger partial charge in [-0.1, -0.05) is 6.92 Å². The smallest absolute Gasteiger partial charge is 0.310 e. The van der Waals surface area contributed by atoms with Crippen LogP contribution in [0.5, 0.6) is 0 Å². The fourth-order valence-corrected chi connectivity index (χ4v) is 1.96. The molecule has 0 aliphatic rings. The molecule has 0 rings (SSSR count). The van der Waals surface area contributed by atoms with Gasteiger partial charge < -0.3 is 9.84 Å². The van der Waals surface area contributed by atoms with Crippen molar-refractivity contribution in [3.8, 4) is 0 Å². The minimum absolute atomic E-state index is 0.0885. The fraction of sp³-hybridized carbons (Fsp3) is 0.889. The summed E-state index contributed by atoms with van der Waals surface area (Å²) in [6, 6.07) is 0. The SMILES string of the molecule is CCC(C)(CNS(=O)(=O)CCOC)C(=O)O. The zero-order valence-electron chi connectivity index (χ0n) is 9.82. The number of rotatable bonds is 8. The van der Waals surface area contributed by atoms with E-state index in [2.05, 4.69) is 9.46 Å². The Morgan fingerprint density at radius 3 is 2.44 bits per heavy atom. The highest BCUT2D eigenvalue weighted by Crippen LogP contribution is 2.20. The quantitative estimate of drug-likeness (QED) is 0.637. The van der Waals surface area contributed by atoms with Gasteiger partial charge in [0.2, 0.25) is 10.0 Å². The molecule has 0 amide bonds. The molecule has 0 aromatic heterocycles. The minimum Gasteiger partial charge on any atom is -0.481 e. The molecule has 0 aromatic carbocycles. The summed E-state index contributed by atoms with van der Waals surface area (Å²) >= 11 is 0. The van der Waals surface area contributed by atoms with Crippen LogP contribution in [0.3, 0.4) is 0 Å². The van der Waals surface area contributed by atoms with Crippen molar-refractivity contribution in [3.63, 3.8) is 0 Å². The molecule has 0 spiro atoms. The molecule has 0 aliphatic carbocycles. The van der Waals surface area contributed by atoms with Gasteiger partial charge in [0.05, 0.1) is 17.8 Å². The van der Waals surface area contributed by atoms with Crippen LogP contribution in [-0.4, -0.2) is 45.5 Å². The highest BCUT2D eigenvalue weighted by atomic mass is 32.2. The van der Waals surface area contributed by atoms with Crippen LogP contribution < -0.4 is 4.72 Å². The lowest BCUT2D eigenvalue weighted by atomic mass is 9.88. The van der Waals surface area contributed by atoms with Crippen molar-refractivity contribution >= 4 is 16.0 Å². The first-order chi connectivity index (χ1) is 7.27. The highest BCUT2D eigenvalue weighted by molar-refractivity contribution is 7.89. The van der Waals surface area contributed by atoms with Gasteiger partial charge in [-0.3, -0.25) is 4.79 Å². The maximum Gasteiger partial charge on any atom is 0.310 e. The van der Waals surface area contributed by atoms with E-state index < -0.39 is 21.4 Å². The van der Waals surface area contributed by atoms with Crippen molar-refractivity contribution in [2.45, 2.75) is 20.3 Å². The Balaban J connectivity index is 4.37. The van der Waals surface area contributed by atoms with Gasteiger partial charge in [0.1, 0.15) is 0 Å². The third-order valence-electron chi connectivity index (χ3n) is 2.54. The Labute approximate surface area is 96.0 Å². The lowest BCUT2D eigenvalue weighted by Gasteiger charge is -2.23. The number of ether oxygens (including phenoxy) is 1. The second kappa shape index (κ2) is 6.17. The maximum atomic E-state index is 11.4. The van der Waals surface area contributed by atoms with Gasteiger partial charge in [-0.05, 0) is 13.3 Å². The van der Waals surface area contributed by atoms with Gasteiger partial charge in [-0.2, -0.15) is 0 Å². The van der Waals surface area contributed by atoms with Crippen molar-refractivity contribution in [3.05, 3.63) is 0 Å². The first kappa shape index (κ1) is 15.3. The van der Waals surface area contributed by atoms with Crippen LogP contribution in [0, 0.1) is 5.41 Å². The Morgan fingerprint density at radius 1 is 1.50 bits per heavy atom. The first-order valence-electron chi connectivity index (χ1n) is 4.97. The van der Waals surface area contributed by atoms with E-state index in [0.29, 0.717) is 6.42 Å². The van der Waals surface area contributed by atoms with Crippen molar-refractivity contribution < 1.29 is 23.1 Å². The average molecular weight is 253 g/mol. The molecule has 7 heteroatoms. The molecule has 1 atom stereocenters. The molecule has 96 valence electrons. The molecule has 0 bridgehead atoms. The molecule has 6 nitrogen and oxygen atoms in total. The van der Waals surface area contributed by atoms with Crippen molar-refractivity contribution in [2.24, 2.45) is 5.41 Å². The van der Waals surface area contributed by atoms with E-state index in [-0.39, 0.29) is 18.9 Å². The van der Waals surface area contributed by atoms with Crippen LogP contribution in [0.15, 0.2) is 0 Å². The molecular formula is C9H19NO5S. The van der Waals surface area contributed by atoms with E-state index in [0.717, 1.165) is 0 Å². The number of aliphatic carboxylic acids is 1. The van der Waals surface area contributed by atoms with Crippen LogP contribution in [-0.2, 0) is 19.6 Å². The van der Waals surface area contributed by atoms with Gasteiger partial charge in [0.15, 0.2) is 0 Å². The van der Waals surface area contributed by atoms with Crippen molar-refractivity contribution in [1.82, 2.24) is 4.72 Å². The molecular weight excluding hydrogens is 234 g/mol. The number of carbonyl (C=O) groups is 1.